The van der Waals surface area contributed by atoms with Crippen LogP contribution in [0.4, 0.5) is 16.3 Å². The molecule has 0 spiro atoms. The predicted octanol–water partition coefficient (Wildman–Crippen LogP) is 4.16. The van der Waals surface area contributed by atoms with Crippen LogP contribution in [0.3, 0.4) is 0 Å². The van der Waals surface area contributed by atoms with Gasteiger partial charge in [0.05, 0.1) is 20.0 Å². The Labute approximate surface area is 157 Å². The zero-order valence-electron chi connectivity index (χ0n) is 13.5. The van der Waals surface area contributed by atoms with E-state index in [4.69, 9.17) is 0 Å². The molecule has 3 aromatic rings. The average Bonchev–Trinajstić information content (AvgIpc) is 3.20. The normalized spacial score (nSPS) is 15.4. The van der Waals surface area contributed by atoms with Gasteiger partial charge in [-0.05, 0) is 46.6 Å². The van der Waals surface area contributed by atoms with E-state index < -0.39 is 0 Å². The number of hydrogen-bond acceptors (Lipinski definition) is 5. The average molecular weight is 418 g/mol. The third kappa shape index (κ3) is 3.19. The summed E-state index contributed by atoms with van der Waals surface area (Å²) in [5, 5.41) is 6.29. The van der Waals surface area contributed by atoms with Crippen molar-refractivity contribution in [2.45, 2.75) is 13.0 Å². The number of amides is 2. The van der Waals surface area contributed by atoms with Crippen molar-refractivity contribution in [2.24, 2.45) is 0 Å². The minimum Gasteiger partial charge on any atom is -0.362 e. The summed E-state index contributed by atoms with van der Waals surface area (Å²) in [6.07, 6.45) is 1.57. The van der Waals surface area contributed by atoms with Crippen molar-refractivity contribution in [3.63, 3.8) is 0 Å². The highest BCUT2D eigenvalue weighted by molar-refractivity contribution is 9.11. The molecule has 8 heteroatoms. The molecular weight excluding hydrogens is 402 g/mol. The van der Waals surface area contributed by atoms with Crippen LogP contribution < -0.4 is 15.5 Å². The van der Waals surface area contributed by atoms with E-state index in [9.17, 15) is 4.79 Å². The smallest absolute Gasteiger partial charge is 0.321 e. The molecular formula is C17H16BrN5OS. The number of carbonyl (C=O) groups excluding carboxylic acids is 1. The van der Waals surface area contributed by atoms with Crippen LogP contribution in [0, 0.1) is 0 Å². The maximum atomic E-state index is 11.9. The van der Waals surface area contributed by atoms with E-state index in [0.717, 1.165) is 31.1 Å². The number of carbonyl (C=O) groups is 1. The fourth-order valence-corrected chi connectivity index (χ4v) is 4.39. The van der Waals surface area contributed by atoms with E-state index in [0.29, 0.717) is 13.1 Å². The molecule has 3 heterocycles. The van der Waals surface area contributed by atoms with Crippen LogP contribution in [0.25, 0.3) is 10.2 Å². The summed E-state index contributed by atoms with van der Waals surface area (Å²) in [7, 11) is 0. The summed E-state index contributed by atoms with van der Waals surface area (Å²) in [5.41, 5.74) is 2.93. The van der Waals surface area contributed by atoms with E-state index in [1.807, 2.05) is 24.3 Å². The molecule has 1 aromatic carbocycles. The molecule has 1 aliphatic heterocycles. The molecule has 25 heavy (non-hydrogen) atoms. The van der Waals surface area contributed by atoms with Crippen LogP contribution in [-0.4, -0.2) is 29.1 Å². The van der Waals surface area contributed by atoms with Crippen molar-refractivity contribution in [1.29, 1.82) is 0 Å². The third-order valence-electron chi connectivity index (χ3n) is 4.17. The standard InChI is InChI=1S/C17H16BrN5OS/c1-10(22-16-15-13(20-9-21-16)8-14(18)25-15)11-3-2-4-12(7-11)23-6-5-19-17(23)24/h2-4,7-10H,5-6H2,1H3,(H,19,24)(H,20,21,22). The lowest BCUT2D eigenvalue weighted by Crippen LogP contribution is -2.27. The molecule has 6 nitrogen and oxygen atoms in total. The lowest BCUT2D eigenvalue weighted by Gasteiger charge is -2.19. The second-order valence-electron chi connectivity index (χ2n) is 5.83. The van der Waals surface area contributed by atoms with Crippen molar-refractivity contribution >= 4 is 55.0 Å². The third-order valence-corrected chi connectivity index (χ3v) is 5.81. The van der Waals surface area contributed by atoms with Crippen LogP contribution >= 0.6 is 27.3 Å². The Kier molecular flexibility index (Phi) is 4.30. The first-order valence-corrected chi connectivity index (χ1v) is 9.54. The summed E-state index contributed by atoms with van der Waals surface area (Å²) in [6, 6.07) is 10.0. The number of halogens is 1. The SMILES string of the molecule is CC(Nc1ncnc2cc(Br)sc12)c1cccc(N2CCNC2=O)c1. The van der Waals surface area contributed by atoms with Crippen LogP contribution in [0.2, 0.25) is 0 Å². The van der Waals surface area contributed by atoms with Gasteiger partial charge in [0.15, 0.2) is 0 Å². The Morgan fingerprint density at radius 3 is 3.04 bits per heavy atom. The summed E-state index contributed by atoms with van der Waals surface area (Å²) >= 11 is 5.11. The number of aromatic nitrogens is 2. The second-order valence-corrected chi connectivity index (χ2v) is 8.26. The topological polar surface area (TPSA) is 70.2 Å². The van der Waals surface area contributed by atoms with E-state index in [2.05, 4.69) is 49.5 Å². The van der Waals surface area contributed by atoms with Gasteiger partial charge in [0.25, 0.3) is 0 Å². The van der Waals surface area contributed by atoms with Crippen LogP contribution in [0.5, 0.6) is 0 Å². The maximum absolute atomic E-state index is 11.9. The number of benzene rings is 1. The highest BCUT2D eigenvalue weighted by Gasteiger charge is 2.21. The van der Waals surface area contributed by atoms with E-state index >= 15 is 0 Å². The highest BCUT2D eigenvalue weighted by atomic mass is 79.9. The van der Waals surface area contributed by atoms with Crippen molar-refractivity contribution < 1.29 is 4.79 Å². The number of hydrogen-bond donors (Lipinski definition) is 2. The van der Waals surface area contributed by atoms with Crippen molar-refractivity contribution in [1.82, 2.24) is 15.3 Å². The second kappa shape index (κ2) is 6.61. The molecule has 1 saturated heterocycles. The Balaban J connectivity index is 1.60. The Morgan fingerprint density at radius 2 is 2.24 bits per heavy atom. The van der Waals surface area contributed by atoms with Gasteiger partial charge in [-0.2, -0.15) is 0 Å². The molecule has 2 aromatic heterocycles. The van der Waals surface area contributed by atoms with E-state index in [-0.39, 0.29) is 12.1 Å². The summed E-state index contributed by atoms with van der Waals surface area (Å²) < 4.78 is 2.05. The molecule has 1 fully saturated rings. The van der Waals surface area contributed by atoms with Crippen molar-refractivity contribution in [3.8, 4) is 0 Å². The van der Waals surface area contributed by atoms with Gasteiger partial charge < -0.3 is 10.6 Å². The molecule has 1 atom stereocenters. The van der Waals surface area contributed by atoms with Gasteiger partial charge in [-0.25, -0.2) is 14.8 Å². The molecule has 0 bridgehead atoms. The molecule has 1 aliphatic rings. The zero-order valence-corrected chi connectivity index (χ0v) is 15.9. The first-order valence-electron chi connectivity index (χ1n) is 7.94. The van der Waals surface area contributed by atoms with Crippen molar-refractivity contribution in [3.05, 3.63) is 46.0 Å². The lowest BCUT2D eigenvalue weighted by atomic mass is 10.1. The first-order chi connectivity index (χ1) is 12.1. The van der Waals surface area contributed by atoms with Gasteiger partial charge in [-0.1, -0.05) is 12.1 Å². The molecule has 0 saturated carbocycles. The zero-order chi connectivity index (χ0) is 17.4. The summed E-state index contributed by atoms with van der Waals surface area (Å²) in [5.74, 6) is 0.817. The van der Waals surface area contributed by atoms with Gasteiger partial charge in [0, 0.05) is 18.8 Å². The fourth-order valence-electron chi connectivity index (χ4n) is 2.90. The highest BCUT2D eigenvalue weighted by Crippen LogP contribution is 2.34. The minimum atomic E-state index is -0.0429. The summed E-state index contributed by atoms with van der Waals surface area (Å²) in [6.45, 7) is 3.46. The quantitative estimate of drug-likeness (QED) is 0.668. The Hall–Kier alpha value is -2.19. The number of nitrogens with zero attached hydrogens (tertiary/aromatic N) is 3. The van der Waals surface area contributed by atoms with Gasteiger partial charge in [0.2, 0.25) is 0 Å². The lowest BCUT2D eigenvalue weighted by molar-refractivity contribution is 0.252. The molecule has 2 amide bonds. The number of rotatable bonds is 4. The minimum absolute atomic E-state index is 0.0429. The number of thiophene rings is 1. The summed E-state index contributed by atoms with van der Waals surface area (Å²) in [4.78, 5) is 22.3. The predicted molar refractivity (Wildman–Crippen MR) is 104 cm³/mol. The number of nitrogens with one attached hydrogen (secondary N) is 2. The monoisotopic (exact) mass is 417 g/mol. The van der Waals surface area contributed by atoms with Crippen LogP contribution in [0.1, 0.15) is 18.5 Å². The van der Waals surface area contributed by atoms with Gasteiger partial charge >= 0.3 is 6.03 Å². The Bertz CT molecular complexity index is 944. The van der Waals surface area contributed by atoms with Gasteiger partial charge in [-0.3, -0.25) is 4.90 Å². The van der Waals surface area contributed by atoms with Gasteiger partial charge in [-0.15, -0.1) is 11.3 Å². The van der Waals surface area contributed by atoms with E-state index in [1.165, 1.54) is 0 Å². The van der Waals surface area contributed by atoms with Crippen molar-refractivity contribution in [2.75, 3.05) is 23.3 Å². The van der Waals surface area contributed by atoms with Gasteiger partial charge in [0.1, 0.15) is 12.1 Å². The molecule has 0 aliphatic carbocycles. The number of fused-ring (bicyclic) bond motifs is 1. The Morgan fingerprint density at radius 1 is 1.36 bits per heavy atom. The molecule has 0 radical (unpaired) electrons. The number of anilines is 2. The molecule has 128 valence electrons. The van der Waals surface area contributed by atoms with E-state index in [1.54, 1.807) is 22.6 Å². The fraction of sp³-hybridized carbons (Fsp3) is 0.235. The molecule has 2 N–H and O–H groups in total. The maximum Gasteiger partial charge on any atom is 0.321 e. The molecule has 1 unspecified atom stereocenters. The van der Waals surface area contributed by atoms with Crippen LogP contribution in [0.15, 0.2) is 40.4 Å². The van der Waals surface area contributed by atoms with Crippen LogP contribution in [-0.2, 0) is 0 Å². The largest absolute Gasteiger partial charge is 0.362 e. The first kappa shape index (κ1) is 16.3. The molecule has 4 rings (SSSR count). The number of urea groups is 1.